The number of hydrogen-bond acceptors (Lipinski definition) is 6. The normalized spacial score (nSPS) is 31.8. The van der Waals surface area contributed by atoms with E-state index in [1.54, 1.807) is 0 Å². The third-order valence-corrected chi connectivity index (χ3v) is 7.35. The largest absolute Gasteiger partial charge is 0.379 e. The number of benzene rings is 1. The SMILES string of the molecule is C[C@@]1(c2cc([N+](=O)[O-])ccc2F)CS(=O)(=O)[C@]2(CCOC2)C(=N)N1. The summed E-state index contributed by atoms with van der Waals surface area (Å²) in [5.41, 5.74) is -1.97. The summed E-state index contributed by atoms with van der Waals surface area (Å²) in [5, 5.41) is 21.9. The van der Waals surface area contributed by atoms with E-state index < -0.39 is 36.6 Å². The van der Waals surface area contributed by atoms with E-state index in [-0.39, 0.29) is 36.7 Å². The van der Waals surface area contributed by atoms with E-state index in [0.29, 0.717) is 0 Å². The van der Waals surface area contributed by atoms with E-state index in [1.807, 2.05) is 0 Å². The van der Waals surface area contributed by atoms with Gasteiger partial charge in [-0.3, -0.25) is 15.5 Å². The van der Waals surface area contributed by atoms with Crippen molar-refractivity contribution in [2.24, 2.45) is 0 Å². The molecule has 0 unspecified atom stereocenters. The third-order valence-electron chi connectivity index (χ3n) is 4.67. The second-order valence-electron chi connectivity index (χ2n) is 6.31. The highest BCUT2D eigenvalue weighted by molar-refractivity contribution is 7.93. The minimum atomic E-state index is -3.83. The van der Waals surface area contributed by atoms with Gasteiger partial charge in [0.05, 0.1) is 22.8 Å². The smallest absolute Gasteiger partial charge is 0.269 e. The van der Waals surface area contributed by atoms with Crippen LogP contribution in [0.5, 0.6) is 0 Å². The van der Waals surface area contributed by atoms with Crippen LogP contribution in [0.2, 0.25) is 0 Å². The monoisotopic (exact) mass is 357 g/mol. The first-order valence-electron chi connectivity index (χ1n) is 7.23. The van der Waals surface area contributed by atoms with Gasteiger partial charge in [-0.1, -0.05) is 0 Å². The molecule has 0 saturated carbocycles. The molecule has 2 N–H and O–H groups in total. The Hall–Kier alpha value is -2.07. The molecule has 0 aliphatic carbocycles. The van der Waals surface area contributed by atoms with Crippen molar-refractivity contribution in [3.8, 4) is 0 Å². The summed E-state index contributed by atoms with van der Waals surface area (Å²) in [6, 6.07) is 2.95. The van der Waals surface area contributed by atoms with Crippen LogP contribution in [-0.2, 0) is 20.1 Å². The number of nitro groups is 1. The van der Waals surface area contributed by atoms with Gasteiger partial charge >= 0.3 is 0 Å². The summed E-state index contributed by atoms with van der Waals surface area (Å²) in [5.74, 6) is -1.51. The molecule has 0 radical (unpaired) electrons. The zero-order valence-electron chi connectivity index (χ0n) is 12.8. The minimum Gasteiger partial charge on any atom is -0.379 e. The highest BCUT2D eigenvalue weighted by Crippen LogP contribution is 2.40. The number of nitro benzene ring substituents is 1. The lowest BCUT2D eigenvalue weighted by Crippen LogP contribution is -2.66. The molecule has 0 amide bonds. The third kappa shape index (κ3) is 2.28. The molecular formula is C14H16FN3O5S. The van der Waals surface area contributed by atoms with Crippen LogP contribution in [0.15, 0.2) is 18.2 Å². The van der Waals surface area contributed by atoms with Crippen molar-refractivity contribution in [2.75, 3.05) is 19.0 Å². The lowest BCUT2D eigenvalue weighted by molar-refractivity contribution is -0.385. The van der Waals surface area contributed by atoms with Gasteiger partial charge in [0.2, 0.25) is 0 Å². The number of hydrogen-bond donors (Lipinski definition) is 2. The van der Waals surface area contributed by atoms with Crippen LogP contribution < -0.4 is 5.32 Å². The molecule has 2 saturated heterocycles. The molecule has 2 aliphatic rings. The zero-order chi connectivity index (χ0) is 17.8. The number of rotatable bonds is 2. The van der Waals surface area contributed by atoms with Crippen LogP contribution >= 0.6 is 0 Å². The van der Waals surface area contributed by atoms with Crippen LogP contribution in [0.25, 0.3) is 0 Å². The zero-order valence-corrected chi connectivity index (χ0v) is 13.7. The highest BCUT2D eigenvalue weighted by Gasteiger charge is 2.58. The number of ether oxygens (including phenoxy) is 1. The van der Waals surface area contributed by atoms with Gasteiger partial charge in [-0.25, -0.2) is 12.8 Å². The second-order valence-corrected chi connectivity index (χ2v) is 8.61. The van der Waals surface area contributed by atoms with Gasteiger partial charge in [0.1, 0.15) is 11.7 Å². The quantitative estimate of drug-likeness (QED) is 0.604. The van der Waals surface area contributed by atoms with Gasteiger partial charge in [0.15, 0.2) is 14.6 Å². The molecule has 0 bridgehead atoms. The molecule has 8 nitrogen and oxygen atoms in total. The van der Waals surface area contributed by atoms with Crippen molar-refractivity contribution >= 4 is 21.4 Å². The molecule has 1 aromatic rings. The number of non-ortho nitro benzene ring substituents is 1. The first kappa shape index (κ1) is 16.8. The van der Waals surface area contributed by atoms with E-state index in [4.69, 9.17) is 10.1 Å². The predicted molar refractivity (Wildman–Crippen MR) is 83.2 cm³/mol. The average molecular weight is 357 g/mol. The first-order chi connectivity index (χ1) is 11.1. The van der Waals surface area contributed by atoms with Gasteiger partial charge in [0, 0.05) is 24.3 Å². The predicted octanol–water partition coefficient (Wildman–Crippen LogP) is 1.10. The number of sulfone groups is 1. The number of halogens is 1. The van der Waals surface area contributed by atoms with Gasteiger partial charge in [-0.2, -0.15) is 0 Å². The maximum atomic E-state index is 14.3. The molecule has 0 aromatic heterocycles. The lowest BCUT2D eigenvalue weighted by Gasteiger charge is -2.44. The number of amidine groups is 1. The molecule has 3 rings (SSSR count). The molecule has 10 heteroatoms. The van der Waals surface area contributed by atoms with Crippen molar-refractivity contribution < 1.29 is 22.5 Å². The molecule has 1 spiro atoms. The molecule has 1 aromatic carbocycles. The molecule has 2 atom stereocenters. The van der Waals surface area contributed by atoms with Crippen LogP contribution in [0, 0.1) is 21.3 Å². The summed E-state index contributed by atoms with van der Waals surface area (Å²) in [6.07, 6.45) is 0.161. The Labute approximate surface area is 137 Å². The molecule has 2 aliphatic heterocycles. The van der Waals surface area contributed by atoms with E-state index >= 15 is 0 Å². The number of nitrogens with one attached hydrogen (secondary N) is 2. The van der Waals surface area contributed by atoms with Crippen molar-refractivity contribution in [1.29, 1.82) is 5.41 Å². The van der Waals surface area contributed by atoms with E-state index in [0.717, 1.165) is 18.2 Å². The Morgan fingerprint density at radius 2 is 2.17 bits per heavy atom. The van der Waals surface area contributed by atoms with Crippen molar-refractivity contribution in [2.45, 2.75) is 23.6 Å². The Kier molecular flexibility index (Phi) is 3.64. The van der Waals surface area contributed by atoms with Gasteiger partial charge in [0.25, 0.3) is 5.69 Å². The van der Waals surface area contributed by atoms with Crippen LogP contribution in [0.4, 0.5) is 10.1 Å². The molecule has 130 valence electrons. The summed E-state index contributed by atoms with van der Waals surface area (Å²) < 4.78 is 43.6. The lowest BCUT2D eigenvalue weighted by atomic mass is 9.91. The number of nitrogens with zero attached hydrogens (tertiary/aromatic N) is 1. The summed E-state index contributed by atoms with van der Waals surface area (Å²) >= 11 is 0. The topological polar surface area (TPSA) is 122 Å². The Balaban J connectivity index is 2.09. The van der Waals surface area contributed by atoms with E-state index in [9.17, 15) is 22.9 Å². The fraction of sp³-hybridized carbons (Fsp3) is 0.500. The van der Waals surface area contributed by atoms with Crippen LogP contribution in [0.1, 0.15) is 18.9 Å². The van der Waals surface area contributed by atoms with Crippen molar-refractivity contribution in [3.05, 3.63) is 39.7 Å². The molecule has 2 heterocycles. The molecule has 24 heavy (non-hydrogen) atoms. The van der Waals surface area contributed by atoms with E-state index in [2.05, 4.69) is 5.32 Å². The Morgan fingerprint density at radius 1 is 1.46 bits per heavy atom. The van der Waals surface area contributed by atoms with Crippen molar-refractivity contribution in [3.63, 3.8) is 0 Å². The fourth-order valence-electron chi connectivity index (χ4n) is 3.28. The van der Waals surface area contributed by atoms with E-state index in [1.165, 1.54) is 6.92 Å². The van der Waals surface area contributed by atoms with Crippen LogP contribution in [-0.4, -0.2) is 42.9 Å². The summed E-state index contributed by atoms with van der Waals surface area (Å²) in [7, 11) is -3.83. The Bertz CT molecular complexity index is 835. The fourth-order valence-corrected chi connectivity index (χ4v) is 5.57. The summed E-state index contributed by atoms with van der Waals surface area (Å²) in [6.45, 7) is 1.53. The Morgan fingerprint density at radius 3 is 2.71 bits per heavy atom. The second kappa shape index (κ2) is 5.21. The summed E-state index contributed by atoms with van der Waals surface area (Å²) in [4.78, 5) is 10.3. The molecule has 2 fully saturated rings. The van der Waals surface area contributed by atoms with Gasteiger partial charge < -0.3 is 10.1 Å². The highest BCUT2D eigenvalue weighted by atomic mass is 32.2. The van der Waals surface area contributed by atoms with Gasteiger partial charge in [-0.05, 0) is 19.4 Å². The average Bonchev–Trinajstić information content (AvgIpc) is 2.96. The van der Waals surface area contributed by atoms with Crippen LogP contribution in [0.3, 0.4) is 0 Å². The maximum absolute atomic E-state index is 14.3. The van der Waals surface area contributed by atoms with Crippen molar-refractivity contribution in [1.82, 2.24) is 5.32 Å². The standard InChI is InChI=1S/C14H16FN3O5S/c1-13(10-6-9(18(19)20)2-3-11(10)15)8-24(21,22)14(12(16)17-13)4-5-23-7-14/h2-3,6H,4-5,7-8H2,1H3,(H2,16,17)/t13-,14-/m0/s1. The van der Waals surface area contributed by atoms with Gasteiger partial charge in [-0.15, -0.1) is 0 Å². The molecular weight excluding hydrogens is 341 g/mol. The maximum Gasteiger partial charge on any atom is 0.269 e. The minimum absolute atomic E-state index is 0.116. The first-order valence-corrected chi connectivity index (χ1v) is 8.88.